The molecule has 3 atom stereocenters. The Labute approximate surface area is 155 Å². The number of nitrogens with two attached hydrogens (primary N) is 1. The lowest BCUT2D eigenvalue weighted by Crippen LogP contribution is -2.34. The highest BCUT2D eigenvalue weighted by Gasteiger charge is 2.48. The van der Waals surface area contributed by atoms with Crippen LogP contribution in [0.25, 0.3) is 10.9 Å². The van der Waals surface area contributed by atoms with E-state index in [-0.39, 0.29) is 11.1 Å². The van der Waals surface area contributed by atoms with E-state index in [1.165, 1.54) is 6.20 Å². The summed E-state index contributed by atoms with van der Waals surface area (Å²) in [6.45, 7) is 1.79. The minimum atomic E-state index is -1.28. The van der Waals surface area contributed by atoms with Crippen molar-refractivity contribution in [3.63, 3.8) is 0 Å². The maximum absolute atomic E-state index is 13.7. The van der Waals surface area contributed by atoms with Gasteiger partial charge in [0.1, 0.15) is 11.7 Å². The first-order valence-corrected chi connectivity index (χ1v) is 9.47. The van der Waals surface area contributed by atoms with E-state index in [2.05, 4.69) is 4.90 Å². The molecule has 3 fully saturated rings. The Morgan fingerprint density at radius 2 is 2.07 bits per heavy atom. The zero-order valence-corrected chi connectivity index (χ0v) is 14.9. The van der Waals surface area contributed by atoms with Crippen LogP contribution in [-0.2, 0) is 0 Å². The number of hydrogen-bond donors (Lipinski definition) is 2. The molecule has 7 heteroatoms. The maximum Gasteiger partial charge on any atom is 0.341 e. The molecule has 1 unspecified atom stereocenters. The number of aromatic nitrogens is 1. The van der Waals surface area contributed by atoms with E-state index in [1.54, 1.807) is 10.6 Å². The second kappa shape index (κ2) is 5.55. The van der Waals surface area contributed by atoms with Gasteiger partial charge in [0.05, 0.1) is 11.6 Å². The number of anilines is 1. The molecule has 2 heterocycles. The van der Waals surface area contributed by atoms with Crippen molar-refractivity contribution in [1.82, 2.24) is 4.57 Å². The van der Waals surface area contributed by atoms with Crippen LogP contribution in [0.1, 0.15) is 42.1 Å². The Bertz CT molecular complexity index is 1010. The van der Waals surface area contributed by atoms with E-state index in [4.69, 9.17) is 5.73 Å². The van der Waals surface area contributed by atoms with Gasteiger partial charge in [-0.15, -0.1) is 0 Å². The van der Waals surface area contributed by atoms with E-state index >= 15 is 0 Å². The molecular formula is C20H22FN3O3. The van der Waals surface area contributed by atoms with Gasteiger partial charge in [0, 0.05) is 42.3 Å². The highest BCUT2D eigenvalue weighted by atomic mass is 19.1. The van der Waals surface area contributed by atoms with Crippen LogP contribution in [0.5, 0.6) is 0 Å². The second-order valence-corrected chi connectivity index (χ2v) is 8.27. The third-order valence-electron chi connectivity index (χ3n) is 6.48. The Morgan fingerprint density at radius 1 is 1.33 bits per heavy atom. The van der Waals surface area contributed by atoms with Gasteiger partial charge in [-0.2, -0.15) is 0 Å². The number of nitrogens with zero attached hydrogens (tertiary/aromatic N) is 2. The molecule has 2 aliphatic carbocycles. The summed E-state index contributed by atoms with van der Waals surface area (Å²) in [5.74, 6) is -0.806. The summed E-state index contributed by atoms with van der Waals surface area (Å²) in [6.07, 6.45) is 3.87. The second-order valence-electron chi connectivity index (χ2n) is 8.27. The first-order valence-electron chi connectivity index (χ1n) is 9.47. The number of fused-ring (bicyclic) bond motifs is 1. The number of pyridine rings is 1. The van der Waals surface area contributed by atoms with E-state index in [0.29, 0.717) is 23.2 Å². The Kier molecular flexibility index (Phi) is 3.44. The van der Waals surface area contributed by atoms with Crippen LogP contribution in [-0.4, -0.2) is 40.4 Å². The minimum Gasteiger partial charge on any atom is -0.477 e. The maximum atomic E-state index is 13.7. The molecule has 5 rings (SSSR count). The Hall–Kier alpha value is -2.41. The van der Waals surface area contributed by atoms with Crippen molar-refractivity contribution < 1.29 is 14.3 Å². The first-order chi connectivity index (χ1) is 12.9. The Morgan fingerprint density at radius 3 is 2.70 bits per heavy atom. The van der Waals surface area contributed by atoms with Crippen molar-refractivity contribution in [2.45, 2.75) is 43.4 Å². The molecule has 27 heavy (non-hydrogen) atoms. The van der Waals surface area contributed by atoms with Gasteiger partial charge in [-0.3, -0.25) is 4.79 Å². The third kappa shape index (κ3) is 2.64. The summed E-state index contributed by atoms with van der Waals surface area (Å²) in [7, 11) is 0. The third-order valence-corrected chi connectivity index (χ3v) is 6.48. The summed E-state index contributed by atoms with van der Waals surface area (Å²) < 4.78 is 15.4. The van der Waals surface area contributed by atoms with Crippen molar-refractivity contribution >= 4 is 22.6 Å². The molecule has 0 amide bonds. The van der Waals surface area contributed by atoms with Crippen LogP contribution in [0.2, 0.25) is 0 Å². The van der Waals surface area contributed by atoms with Gasteiger partial charge in [0.25, 0.3) is 0 Å². The van der Waals surface area contributed by atoms with Crippen molar-refractivity contribution in [3.8, 4) is 0 Å². The fourth-order valence-electron chi connectivity index (χ4n) is 4.42. The van der Waals surface area contributed by atoms with Crippen LogP contribution in [0.3, 0.4) is 0 Å². The molecule has 142 valence electrons. The summed E-state index contributed by atoms with van der Waals surface area (Å²) in [6, 6.07) is 5.03. The molecule has 0 bridgehead atoms. The van der Waals surface area contributed by atoms with Gasteiger partial charge >= 0.3 is 5.97 Å². The number of benzene rings is 1. The van der Waals surface area contributed by atoms with Gasteiger partial charge in [-0.1, -0.05) is 0 Å². The molecule has 1 aromatic carbocycles. The van der Waals surface area contributed by atoms with E-state index in [9.17, 15) is 19.1 Å². The van der Waals surface area contributed by atoms with Crippen LogP contribution in [0.4, 0.5) is 10.1 Å². The van der Waals surface area contributed by atoms with Crippen molar-refractivity contribution in [2.24, 2.45) is 11.7 Å². The minimum absolute atomic E-state index is 0.0143. The van der Waals surface area contributed by atoms with Crippen LogP contribution < -0.4 is 16.1 Å². The lowest BCUT2D eigenvalue weighted by molar-refractivity contribution is 0.0694. The van der Waals surface area contributed by atoms with Gasteiger partial charge in [0.2, 0.25) is 5.43 Å². The Balaban J connectivity index is 1.58. The molecule has 1 aliphatic heterocycles. The normalized spacial score (nSPS) is 28.5. The van der Waals surface area contributed by atoms with Crippen molar-refractivity contribution in [2.75, 3.05) is 18.0 Å². The summed E-state index contributed by atoms with van der Waals surface area (Å²) in [5, 5.41) is 9.65. The topological polar surface area (TPSA) is 88.6 Å². The lowest BCUT2D eigenvalue weighted by Gasteiger charge is -2.22. The predicted molar refractivity (Wildman–Crippen MR) is 100 cm³/mol. The zero-order valence-electron chi connectivity index (χ0n) is 14.9. The number of carbonyl (C=O) groups is 1. The van der Waals surface area contributed by atoms with Crippen LogP contribution >= 0.6 is 0 Å². The SMILES string of the molecule is NC1([C@@H]2CCN(c3ccc4c(=O)c(C(=O)O)cn(C5C[C@@H]5F)c4c3)C2)CC1. The van der Waals surface area contributed by atoms with E-state index in [1.807, 2.05) is 12.1 Å². The standard InChI is InChI=1S/C20H22FN3O3/c21-15-8-17(15)24-10-14(19(26)27)18(25)13-2-1-12(7-16(13)24)23-6-3-11(9-23)20(22)4-5-20/h1-2,7,10-11,15,17H,3-6,8-9,22H2,(H,26,27)/t11-,15+,17?/m1/s1. The molecule has 0 spiro atoms. The molecule has 6 nitrogen and oxygen atoms in total. The largest absolute Gasteiger partial charge is 0.477 e. The fourth-order valence-corrected chi connectivity index (χ4v) is 4.42. The quantitative estimate of drug-likeness (QED) is 0.861. The van der Waals surface area contributed by atoms with E-state index in [0.717, 1.165) is 38.0 Å². The highest BCUT2D eigenvalue weighted by molar-refractivity contribution is 5.93. The molecule has 3 N–H and O–H groups in total. The van der Waals surface area contributed by atoms with Gasteiger partial charge in [-0.05, 0) is 43.4 Å². The van der Waals surface area contributed by atoms with Crippen molar-refractivity contribution in [3.05, 3.63) is 40.2 Å². The number of rotatable bonds is 4. The van der Waals surface area contributed by atoms with Crippen LogP contribution in [0.15, 0.2) is 29.2 Å². The predicted octanol–water partition coefficient (Wildman–Crippen LogP) is 2.30. The molecule has 2 aromatic rings. The average molecular weight is 371 g/mol. The molecule has 2 saturated carbocycles. The lowest BCUT2D eigenvalue weighted by atomic mass is 9.97. The van der Waals surface area contributed by atoms with Gasteiger partial charge in [0.15, 0.2) is 0 Å². The van der Waals surface area contributed by atoms with Gasteiger partial charge < -0.3 is 20.3 Å². The molecule has 3 aliphatic rings. The summed E-state index contributed by atoms with van der Waals surface area (Å²) in [5.41, 5.74) is 7.10. The number of alkyl halides is 1. The van der Waals surface area contributed by atoms with Gasteiger partial charge in [-0.25, -0.2) is 9.18 Å². The number of halogens is 1. The number of carboxylic acids is 1. The molecule has 0 radical (unpaired) electrons. The summed E-state index contributed by atoms with van der Waals surface area (Å²) >= 11 is 0. The summed E-state index contributed by atoms with van der Waals surface area (Å²) in [4.78, 5) is 26.2. The van der Waals surface area contributed by atoms with E-state index < -0.39 is 23.6 Å². The number of aromatic carboxylic acids is 1. The number of hydrogen-bond acceptors (Lipinski definition) is 4. The first kappa shape index (κ1) is 16.7. The smallest absolute Gasteiger partial charge is 0.341 e. The zero-order chi connectivity index (χ0) is 18.9. The number of carboxylic acid groups (broad SMARTS) is 1. The average Bonchev–Trinajstić information content (AvgIpc) is 3.50. The molecule has 1 aromatic heterocycles. The molecule has 1 saturated heterocycles. The van der Waals surface area contributed by atoms with Crippen LogP contribution in [0, 0.1) is 5.92 Å². The van der Waals surface area contributed by atoms with Crippen molar-refractivity contribution in [1.29, 1.82) is 0 Å². The molecular weight excluding hydrogens is 349 g/mol. The monoisotopic (exact) mass is 371 g/mol. The fraction of sp³-hybridized carbons (Fsp3) is 0.500. The highest BCUT2D eigenvalue weighted by Crippen LogP contribution is 2.45.